The first-order chi connectivity index (χ1) is 13.5. The van der Waals surface area contributed by atoms with Gasteiger partial charge in [0, 0.05) is 13.1 Å². The van der Waals surface area contributed by atoms with E-state index in [9.17, 15) is 9.59 Å². The van der Waals surface area contributed by atoms with Crippen molar-refractivity contribution in [2.24, 2.45) is 5.92 Å². The molecule has 0 saturated carbocycles. The molecule has 0 saturated heterocycles. The molecule has 148 valence electrons. The molecule has 28 heavy (non-hydrogen) atoms. The summed E-state index contributed by atoms with van der Waals surface area (Å²) in [7, 11) is 0. The van der Waals surface area contributed by atoms with Gasteiger partial charge in [-0.1, -0.05) is 31.2 Å². The van der Waals surface area contributed by atoms with E-state index in [1.54, 1.807) is 4.90 Å². The number of ether oxygens (including phenoxy) is 1. The number of carbonyl (C=O) groups excluding carboxylic acids is 2. The van der Waals surface area contributed by atoms with Crippen LogP contribution in [-0.4, -0.2) is 32.0 Å². The minimum atomic E-state index is -0.233. The minimum Gasteiger partial charge on any atom is -0.493 e. The van der Waals surface area contributed by atoms with Gasteiger partial charge in [0.2, 0.25) is 12.3 Å². The van der Waals surface area contributed by atoms with E-state index in [4.69, 9.17) is 4.74 Å². The number of nitrogens with zero attached hydrogens (tertiary/aromatic N) is 2. The van der Waals surface area contributed by atoms with Gasteiger partial charge in [0.05, 0.1) is 23.9 Å². The predicted molar refractivity (Wildman–Crippen MR) is 112 cm³/mol. The Morgan fingerprint density at radius 2 is 1.86 bits per heavy atom. The van der Waals surface area contributed by atoms with Crippen LogP contribution in [0.5, 0.6) is 5.75 Å². The quantitative estimate of drug-likeness (QED) is 0.537. The third-order valence-corrected chi connectivity index (χ3v) is 5.14. The topological polar surface area (TPSA) is 49.9 Å². The molecule has 1 unspecified atom stereocenters. The average Bonchev–Trinajstić information content (AvgIpc) is 2.80. The highest BCUT2D eigenvalue weighted by Gasteiger charge is 2.30. The molecule has 0 radical (unpaired) electrons. The fourth-order valence-corrected chi connectivity index (χ4v) is 3.54. The Bertz CT molecular complexity index is 849. The second-order valence-corrected chi connectivity index (χ2v) is 7.46. The molecule has 1 atom stereocenters. The van der Waals surface area contributed by atoms with Crippen molar-refractivity contribution < 1.29 is 14.3 Å². The van der Waals surface area contributed by atoms with Crippen LogP contribution >= 0.6 is 0 Å². The van der Waals surface area contributed by atoms with Gasteiger partial charge in [-0.25, -0.2) is 0 Å². The predicted octanol–water partition coefficient (Wildman–Crippen LogP) is 4.11. The Hall–Kier alpha value is -2.82. The molecule has 2 aromatic carbocycles. The zero-order valence-corrected chi connectivity index (χ0v) is 16.9. The number of hydrogen-bond donors (Lipinski definition) is 0. The number of para-hydroxylation sites is 2. The van der Waals surface area contributed by atoms with Crippen LogP contribution in [0.2, 0.25) is 0 Å². The molecule has 0 fully saturated rings. The second-order valence-electron chi connectivity index (χ2n) is 7.46. The van der Waals surface area contributed by atoms with Gasteiger partial charge in [-0.2, -0.15) is 0 Å². The Balaban J connectivity index is 1.63. The molecule has 0 spiro atoms. The Labute approximate surface area is 166 Å². The summed E-state index contributed by atoms with van der Waals surface area (Å²) in [5.74, 6) is 0.752. The molecular weight excluding hydrogens is 352 g/mol. The summed E-state index contributed by atoms with van der Waals surface area (Å²) in [4.78, 5) is 27.8. The summed E-state index contributed by atoms with van der Waals surface area (Å²) < 4.78 is 5.93. The summed E-state index contributed by atoms with van der Waals surface area (Å²) in [5, 5.41) is 0. The van der Waals surface area contributed by atoms with Crippen LogP contribution < -0.4 is 14.5 Å². The lowest BCUT2D eigenvalue weighted by Crippen LogP contribution is -2.37. The Kier molecular flexibility index (Phi) is 6.34. The number of aryl methyl sites for hydroxylation is 2. The summed E-state index contributed by atoms with van der Waals surface area (Å²) in [6, 6.07) is 13.8. The van der Waals surface area contributed by atoms with Crippen LogP contribution in [0.3, 0.4) is 0 Å². The van der Waals surface area contributed by atoms with E-state index in [1.165, 1.54) is 5.56 Å². The van der Waals surface area contributed by atoms with Gasteiger partial charge < -0.3 is 14.5 Å². The molecule has 0 N–H and O–H groups in total. The fourth-order valence-electron chi connectivity index (χ4n) is 3.54. The first-order valence-corrected chi connectivity index (χ1v) is 9.83. The van der Waals surface area contributed by atoms with Crippen molar-refractivity contribution in [3.05, 3.63) is 53.6 Å². The molecule has 1 aliphatic rings. The van der Waals surface area contributed by atoms with Gasteiger partial charge >= 0.3 is 0 Å². The van der Waals surface area contributed by atoms with E-state index in [1.807, 2.05) is 43.0 Å². The first-order valence-electron chi connectivity index (χ1n) is 9.83. The molecule has 1 aliphatic heterocycles. The standard InChI is InChI=1S/C23H28N2O3/c1-17-10-11-18(2)22(14-17)28-13-7-6-12-25-21-9-5-4-8-20(21)24(16-26)15-19(3)23(25)27/h4-5,8-11,14,16,19H,6-7,12-13,15H2,1-3H3. The molecule has 0 bridgehead atoms. The molecule has 5 nitrogen and oxygen atoms in total. The van der Waals surface area contributed by atoms with Crippen molar-refractivity contribution in [1.82, 2.24) is 0 Å². The molecule has 1 heterocycles. The zero-order chi connectivity index (χ0) is 20.1. The number of unbranched alkanes of at least 4 members (excludes halogenated alkanes) is 1. The highest BCUT2D eigenvalue weighted by atomic mass is 16.5. The number of benzene rings is 2. The van der Waals surface area contributed by atoms with E-state index in [2.05, 4.69) is 25.1 Å². The SMILES string of the molecule is Cc1ccc(C)c(OCCCCN2C(=O)C(C)CN(C=O)c3ccccc32)c1. The molecule has 2 aromatic rings. The van der Waals surface area contributed by atoms with E-state index in [0.29, 0.717) is 19.7 Å². The maximum atomic E-state index is 12.9. The van der Waals surface area contributed by atoms with Crippen molar-refractivity contribution in [1.29, 1.82) is 0 Å². The summed E-state index contributed by atoms with van der Waals surface area (Å²) >= 11 is 0. The number of carbonyl (C=O) groups is 2. The Morgan fingerprint density at radius 3 is 2.61 bits per heavy atom. The molecule has 5 heteroatoms. The van der Waals surface area contributed by atoms with Crippen molar-refractivity contribution in [3.8, 4) is 5.75 Å². The zero-order valence-electron chi connectivity index (χ0n) is 16.9. The lowest BCUT2D eigenvalue weighted by molar-refractivity contribution is -0.121. The first kappa shape index (κ1) is 19.9. The monoisotopic (exact) mass is 380 g/mol. The van der Waals surface area contributed by atoms with Crippen LogP contribution in [0.25, 0.3) is 0 Å². The second kappa shape index (κ2) is 8.91. The number of fused-ring (bicyclic) bond motifs is 1. The van der Waals surface area contributed by atoms with Crippen molar-refractivity contribution in [2.45, 2.75) is 33.6 Å². The maximum Gasteiger partial charge on any atom is 0.231 e. The van der Waals surface area contributed by atoms with E-state index in [0.717, 1.165) is 41.9 Å². The molecule has 0 aromatic heterocycles. The van der Waals surface area contributed by atoms with E-state index >= 15 is 0 Å². The summed E-state index contributed by atoms with van der Waals surface area (Å²) in [5.41, 5.74) is 3.91. The van der Waals surface area contributed by atoms with E-state index in [-0.39, 0.29) is 11.8 Å². The summed E-state index contributed by atoms with van der Waals surface area (Å²) in [6.07, 6.45) is 2.49. The molecular formula is C23H28N2O3. The number of amides is 2. The van der Waals surface area contributed by atoms with E-state index < -0.39 is 0 Å². The van der Waals surface area contributed by atoms with Crippen LogP contribution in [0.1, 0.15) is 30.9 Å². The smallest absolute Gasteiger partial charge is 0.231 e. The maximum absolute atomic E-state index is 12.9. The average molecular weight is 380 g/mol. The van der Waals surface area contributed by atoms with Crippen molar-refractivity contribution in [3.63, 3.8) is 0 Å². The van der Waals surface area contributed by atoms with Crippen LogP contribution in [0, 0.1) is 19.8 Å². The fraction of sp³-hybridized carbons (Fsp3) is 0.391. The third-order valence-electron chi connectivity index (χ3n) is 5.14. The lowest BCUT2D eigenvalue weighted by Gasteiger charge is -2.24. The molecule has 0 aliphatic carbocycles. The number of rotatable bonds is 7. The number of anilines is 2. The molecule has 3 rings (SSSR count). The van der Waals surface area contributed by atoms with Crippen LogP contribution in [-0.2, 0) is 9.59 Å². The van der Waals surface area contributed by atoms with Crippen LogP contribution in [0.4, 0.5) is 11.4 Å². The largest absolute Gasteiger partial charge is 0.493 e. The lowest BCUT2D eigenvalue weighted by atomic mass is 10.1. The van der Waals surface area contributed by atoms with Gasteiger partial charge in [0.25, 0.3) is 0 Å². The van der Waals surface area contributed by atoms with Gasteiger partial charge in [-0.15, -0.1) is 0 Å². The van der Waals surface area contributed by atoms with Gasteiger partial charge in [0.15, 0.2) is 0 Å². The highest BCUT2D eigenvalue weighted by Crippen LogP contribution is 2.33. The minimum absolute atomic E-state index is 0.0623. The van der Waals surface area contributed by atoms with Crippen molar-refractivity contribution in [2.75, 3.05) is 29.5 Å². The van der Waals surface area contributed by atoms with Crippen LogP contribution in [0.15, 0.2) is 42.5 Å². The third kappa shape index (κ3) is 4.35. The van der Waals surface area contributed by atoms with Crippen molar-refractivity contribution >= 4 is 23.7 Å². The molecule has 2 amide bonds. The number of hydrogen-bond acceptors (Lipinski definition) is 3. The summed E-state index contributed by atoms with van der Waals surface area (Å²) in [6.45, 7) is 7.61. The van der Waals surface area contributed by atoms with Gasteiger partial charge in [-0.05, 0) is 56.0 Å². The van der Waals surface area contributed by atoms with Gasteiger partial charge in [0.1, 0.15) is 5.75 Å². The van der Waals surface area contributed by atoms with Gasteiger partial charge in [-0.3, -0.25) is 9.59 Å². The Morgan fingerprint density at radius 1 is 1.11 bits per heavy atom. The normalized spacial score (nSPS) is 16.5. The highest BCUT2D eigenvalue weighted by molar-refractivity contribution is 6.02.